The highest BCUT2D eigenvalue weighted by atomic mass is 16.5. The Morgan fingerprint density at radius 2 is 0.842 bits per heavy atom. The number of allylic oxidation sites excluding steroid dienone is 5. The minimum atomic E-state index is -0.848. The number of hydrogen-bond donors (Lipinski definition) is 3. The predicted octanol–water partition coefficient (Wildman–Crippen LogP) is 14.5. The van der Waals surface area contributed by atoms with Crippen LogP contribution in [0, 0.1) is 0 Å². The summed E-state index contributed by atoms with van der Waals surface area (Å²) in [6, 6.07) is -0.633. The van der Waals surface area contributed by atoms with E-state index in [1.165, 1.54) is 173 Å². The number of unbranched alkanes of at least 4 members (excludes halogenated alkanes) is 30. The molecule has 0 aliphatic heterocycles. The van der Waals surface area contributed by atoms with E-state index in [0.717, 1.165) is 51.4 Å². The lowest BCUT2D eigenvalue weighted by Gasteiger charge is -2.20. The van der Waals surface area contributed by atoms with Crippen LogP contribution in [0.2, 0.25) is 0 Å². The Bertz CT molecular complexity index is 931. The first-order valence-corrected chi connectivity index (χ1v) is 24.8. The molecule has 0 aromatic carbocycles. The van der Waals surface area contributed by atoms with Gasteiger partial charge < -0.3 is 20.3 Å². The topological polar surface area (TPSA) is 95.9 Å². The van der Waals surface area contributed by atoms with Crippen molar-refractivity contribution in [3.8, 4) is 0 Å². The van der Waals surface area contributed by atoms with Gasteiger partial charge in [0.1, 0.15) is 0 Å². The summed E-state index contributed by atoms with van der Waals surface area (Å²) < 4.78 is 5.44. The number of carbonyl (C=O) groups is 2. The zero-order valence-electron chi connectivity index (χ0n) is 37.8. The maximum Gasteiger partial charge on any atom is 0.305 e. The summed E-state index contributed by atoms with van der Waals surface area (Å²) in [5.41, 5.74) is 0. The molecule has 57 heavy (non-hydrogen) atoms. The number of rotatable bonds is 45. The van der Waals surface area contributed by atoms with E-state index < -0.39 is 12.1 Å². The molecule has 0 bridgehead atoms. The highest BCUT2D eigenvalue weighted by molar-refractivity contribution is 5.76. The number of nitrogens with one attached hydrogen (secondary N) is 1. The maximum absolute atomic E-state index is 12.4. The van der Waals surface area contributed by atoms with Gasteiger partial charge in [0.25, 0.3) is 0 Å². The molecule has 1 amide bonds. The molecule has 334 valence electrons. The molecule has 0 spiro atoms. The van der Waals surface area contributed by atoms with Gasteiger partial charge in [0.2, 0.25) is 5.91 Å². The van der Waals surface area contributed by atoms with E-state index in [1.807, 2.05) is 6.08 Å². The minimum absolute atomic E-state index is 0.00897. The Balaban J connectivity index is 3.47. The van der Waals surface area contributed by atoms with E-state index in [4.69, 9.17) is 4.74 Å². The molecule has 0 rings (SSSR count). The van der Waals surface area contributed by atoms with Crippen molar-refractivity contribution in [3.05, 3.63) is 36.5 Å². The van der Waals surface area contributed by atoms with Crippen LogP contribution in [0.1, 0.15) is 251 Å². The normalized spacial score (nSPS) is 13.0. The van der Waals surface area contributed by atoms with Crippen molar-refractivity contribution < 1.29 is 24.5 Å². The van der Waals surface area contributed by atoms with Gasteiger partial charge in [-0.3, -0.25) is 9.59 Å². The SMILES string of the molecule is CCCC/C=C\CCCCCCCC(=O)OCCCCCCCCCC/C=C\CCCCCCCCCC(=O)NC(CO)C(O)/C=C/CCCCCCCCCC. The van der Waals surface area contributed by atoms with E-state index in [9.17, 15) is 19.8 Å². The lowest BCUT2D eigenvalue weighted by molar-refractivity contribution is -0.143. The second-order valence-electron chi connectivity index (χ2n) is 16.8. The van der Waals surface area contributed by atoms with Gasteiger partial charge in [0, 0.05) is 12.8 Å². The number of ether oxygens (including phenoxy) is 1. The molecule has 0 aliphatic rings. The van der Waals surface area contributed by atoms with Gasteiger partial charge in [-0.15, -0.1) is 0 Å². The van der Waals surface area contributed by atoms with Gasteiger partial charge in [-0.2, -0.15) is 0 Å². The fourth-order valence-corrected chi connectivity index (χ4v) is 7.25. The van der Waals surface area contributed by atoms with Gasteiger partial charge in [0.15, 0.2) is 0 Å². The largest absolute Gasteiger partial charge is 0.466 e. The van der Waals surface area contributed by atoms with Gasteiger partial charge in [-0.25, -0.2) is 0 Å². The summed E-state index contributed by atoms with van der Waals surface area (Å²) in [4.78, 5) is 24.3. The Morgan fingerprint density at radius 3 is 1.30 bits per heavy atom. The molecule has 0 aliphatic carbocycles. The fourth-order valence-electron chi connectivity index (χ4n) is 7.25. The molecular formula is C51H95NO5. The van der Waals surface area contributed by atoms with Crippen LogP contribution < -0.4 is 5.32 Å². The summed E-state index contributed by atoms with van der Waals surface area (Å²) in [7, 11) is 0. The molecule has 0 heterocycles. The predicted molar refractivity (Wildman–Crippen MR) is 246 cm³/mol. The van der Waals surface area contributed by atoms with E-state index in [2.05, 4.69) is 43.5 Å². The smallest absolute Gasteiger partial charge is 0.305 e. The zero-order chi connectivity index (χ0) is 41.5. The van der Waals surface area contributed by atoms with Crippen LogP contribution in [-0.4, -0.2) is 47.4 Å². The quantitative estimate of drug-likeness (QED) is 0.0324. The van der Waals surface area contributed by atoms with Crippen LogP contribution in [0.25, 0.3) is 0 Å². The second-order valence-corrected chi connectivity index (χ2v) is 16.8. The third-order valence-corrected chi connectivity index (χ3v) is 11.1. The van der Waals surface area contributed by atoms with Crippen molar-refractivity contribution in [1.82, 2.24) is 5.32 Å². The summed E-state index contributed by atoms with van der Waals surface area (Å²) >= 11 is 0. The summed E-state index contributed by atoms with van der Waals surface area (Å²) in [5.74, 6) is -0.0899. The number of hydrogen-bond acceptors (Lipinski definition) is 5. The summed E-state index contributed by atoms with van der Waals surface area (Å²) in [6.07, 6.45) is 55.7. The molecule has 0 saturated carbocycles. The molecule has 0 radical (unpaired) electrons. The highest BCUT2D eigenvalue weighted by Crippen LogP contribution is 2.14. The van der Waals surface area contributed by atoms with E-state index in [0.29, 0.717) is 19.4 Å². The van der Waals surface area contributed by atoms with Crippen molar-refractivity contribution in [1.29, 1.82) is 0 Å². The molecule has 0 aromatic rings. The Morgan fingerprint density at radius 1 is 0.474 bits per heavy atom. The first-order valence-electron chi connectivity index (χ1n) is 24.8. The summed E-state index contributed by atoms with van der Waals surface area (Å²) in [6.45, 7) is 4.82. The van der Waals surface area contributed by atoms with Crippen molar-refractivity contribution >= 4 is 11.9 Å². The average molecular weight is 802 g/mol. The lowest BCUT2D eigenvalue weighted by Crippen LogP contribution is -2.45. The zero-order valence-corrected chi connectivity index (χ0v) is 37.8. The molecule has 6 nitrogen and oxygen atoms in total. The highest BCUT2D eigenvalue weighted by Gasteiger charge is 2.18. The number of aliphatic hydroxyl groups is 2. The van der Waals surface area contributed by atoms with Crippen LogP contribution in [0.4, 0.5) is 0 Å². The van der Waals surface area contributed by atoms with Gasteiger partial charge in [0.05, 0.1) is 25.4 Å². The van der Waals surface area contributed by atoms with Crippen LogP contribution >= 0.6 is 0 Å². The van der Waals surface area contributed by atoms with E-state index >= 15 is 0 Å². The molecule has 2 unspecified atom stereocenters. The molecule has 2 atom stereocenters. The van der Waals surface area contributed by atoms with Crippen molar-refractivity contribution in [2.75, 3.05) is 13.2 Å². The van der Waals surface area contributed by atoms with Crippen LogP contribution in [-0.2, 0) is 14.3 Å². The lowest BCUT2D eigenvalue weighted by atomic mass is 10.1. The molecular weight excluding hydrogens is 707 g/mol. The molecule has 6 heteroatoms. The third-order valence-electron chi connectivity index (χ3n) is 11.1. The second kappa shape index (κ2) is 46.8. The monoisotopic (exact) mass is 802 g/mol. The third kappa shape index (κ3) is 43.5. The Kier molecular flexibility index (Phi) is 45.2. The Labute approximate surface area is 353 Å². The standard InChI is InChI=1S/C51H95NO5/c1-3-5-7-9-11-13-24-29-33-37-41-45-51(56)57-46-42-38-34-30-26-23-21-19-17-15-16-18-20-22-25-28-32-36-40-44-50(55)52-48(47-53)49(54)43-39-35-31-27-14-12-10-8-6-4-2/h9,11,15-16,39,43,48-49,53-54H,3-8,10,12-14,17-38,40-42,44-47H2,1-2H3,(H,52,55)/b11-9-,16-15-,43-39+. The van der Waals surface area contributed by atoms with Crippen molar-refractivity contribution in [2.45, 2.75) is 264 Å². The van der Waals surface area contributed by atoms with Crippen molar-refractivity contribution in [2.24, 2.45) is 0 Å². The average Bonchev–Trinajstić information content (AvgIpc) is 3.21. The molecule has 3 N–H and O–H groups in total. The van der Waals surface area contributed by atoms with Crippen molar-refractivity contribution in [3.63, 3.8) is 0 Å². The fraction of sp³-hybridized carbons (Fsp3) is 0.843. The molecule has 0 aromatic heterocycles. The van der Waals surface area contributed by atoms with Crippen LogP contribution in [0.5, 0.6) is 0 Å². The minimum Gasteiger partial charge on any atom is -0.466 e. The van der Waals surface area contributed by atoms with Crippen LogP contribution in [0.15, 0.2) is 36.5 Å². The van der Waals surface area contributed by atoms with Crippen LogP contribution in [0.3, 0.4) is 0 Å². The van der Waals surface area contributed by atoms with Gasteiger partial charge in [-0.05, 0) is 77.0 Å². The number of carbonyl (C=O) groups excluding carboxylic acids is 2. The molecule has 0 saturated heterocycles. The van der Waals surface area contributed by atoms with Gasteiger partial charge >= 0.3 is 5.97 Å². The van der Waals surface area contributed by atoms with E-state index in [1.54, 1.807) is 6.08 Å². The Hall–Kier alpha value is -1.92. The number of esters is 1. The maximum atomic E-state index is 12.4. The number of aliphatic hydroxyl groups excluding tert-OH is 2. The van der Waals surface area contributed by atoms with E-state index in [-0.39, 0.29) is 18.5 Å². The first-order chi connectivity index (χ1) is 28.0. The first kappa shape index (κ1) is 55.1. The van der Waals surface area contributed by atoms with Gasteiger partial charge in [-0.1, -0.05) is 198 Å². The molecule has 0 fully saturated rings. The number of amides is 1. The summed E-state index contributed by atoms with van der Waals surface area (Å²) in [5, 5.41) is 22.9.